The Morgan fingerprint density at radius 2 is 1.61 bits per heavy atom. The van der Waals surface area contributed by atoms with Crippen LogP contribution in [0.2, 0.25) is 0 Å². The third-order valence-corrected chi connectivity index (χ3v) is 5.80. The summed E-state index contributed by atoms with van der Waals surface area (Å²) in [6, 6.07) is 0.528. The summed E-state index contributed by atoms with van der Waals surface area (Å²) in [6.07, 6.45) is -1.67. The highest BCUT2D eigenvalue weighted by Gasteiger charge is 2.31. The Bertz CT molecular complexity index is 1410. The number of carbonyl (C=O) groups is 4. The standard InChI is InChI=1S/C24H26N4O8.2H2/c1-9-5-6-13(23(34)26-14(7-29)11(3)31)18-21(9)36-22-10(2)20(33)17(25)16(19(22)28-18)24(35)27-15(8-30)12(4)32;;/h5-8,11-12,14-15,31-32H,25H2,1-4H3,(H,26,34)(H,27,35);2*1H/t11-,12-,14-,15-;;/m1../s1/i;2*1+1. The maximum atomic E-state index is 13.1. The van der Waals surface area contributed by atoms with Crippen molar-refractivity contribution in [3.8, 4) is 11.5 Å². The van der Waals surface area contributed by atoms with E-state index in [0.717, 1.165) is 0 Å². The topological polar surface area (TPSA) is 202 Å². The van der Waals surface area contributed by atoms with Crippen molar-refractivity contribution < 1.29 is 36.7 Å². The first-order valence-electron chi connectivity index (χ1n) is 11.0. The van der Waals surface area contributed by atoms with Crippen LogP contribution in [0.1, 0.15) is 48.5 Å². The summed E-state index contributed by atoms with van der Waals surface area (Å²) in [5.41, 5.74) is 5.05. The normalized spacial score (nSPS) is 14.6. The van der Waals surface area contributed by atoms with Gasteiger partial charge in [-0.15, -0.1) is 0 Å². The van der Waals surface area contributed by atoms with Crippen LogP contribution in [0.15, 0.2) is 21.3 Å². The van der Waals surface area contributed by atoms with Gasteiger partial charge in [-0.05, 0) is 39.3 Å². The van der Waals surface area contributed by atoms with E-state index in [2.05, 4.69) is 15.6 Å². The second-order valence-corrected chi connectivity index (χ2v) is 8.49. The second-order valence-electron chi connectivity index (χ2n) is 8.49. The molecule has 0 fully saturated rings. The van der Waals surface area contributed by atoms with Crippen LogP contribution in [-0.2, 0) is 9.59 Å². The molecule has 1 heterocycles. The molecule has 12 nitrogen and oxygen atoms in total. The molecule has 4 atom stereocenters. The van der Waals surface area contributed by atoms with E-state index in [1.54, 1.807) is 13.0 Å². The Kier molecular flexibility index (Phi) is 7.51. The Hall–Kier alpha value is -4.16. The van der Waals surface area contributed by atoms with Gasteiger partial charge in [0.05, 0.1) is 29.0 Å². The monoisotopic (exact) mass is 504 g/mol. The number of aliphatic hydroxyl groups excluding tert-OH is 2. The van der Waals surface area contributed by atoms with Crippen molar-refractivity contribution in [1.29, 1.82) is 0 Å². The fourth-order valence-electron chi connectivity index (χ4n) is 3.60. The van der Waals surface area contributed by atoms with Gasteiger partial charge in [-0.25, -0.2) is 4.98 Å². The van der Waals surface area contributed by atoms with Crippen LogP contribution in [0, 0.1) is 13.8 Å². The van der Waals surface area contributed by atoms with Gasteiger partial charge in [0.2, 0.25) is 5.43 Å². The number of anilines is 1. The van der Waals surface area contributed by atoms with E-state index in [0.29, 0.717) is 18.1 Å². The van der Waals surface area contributed by atoms with Crippen LogP contribution in [-0.4, -0.2) is 63.9 Å². The number of benzene rings is 2. The van der Waals surface area contributed by atoms with Crippen molar-refractivity contribution in [2.75, 3.05) is 5.73 Å². The first kappa shape index (κ1) is 26.4. The zero-order valence-electron chi connectivity index (χ0n) is 20.0. The van der Waals surface area contributed by atoms with Crippen molar-refractivity contribution in [3.05, 3.63) is 44.6 Å². The molecule has 12 heteroatoms. The number of hydrogen-bond acceptors (Lipinski definition) is 10. The number of fused-ring (bicyclic) bond motifs is 2. The molecule has 2 aliphatic rings. The van der Waals surface area contributed by atoms with Crippen LogP contribution in [0.3, 0.4) is 0 Å². The molecular weight excluding hydrogens is 472 g/mol. The number of aliphatic hydroxyl groups is 2. The van der Waals surface area contributed by atoms with E-state index in [1.165, 1.54) is 26.8 Å². The number of nitrogen functional groups attached to an aromatic ring is 1. The first-order valence-corrected chi connectivity index (χ1v) is 11.0. The van der Waals surface area contributed by atoms with Gasteiger partial charge in [0.1, 0.15) is 35.9 Å². The maximum Gasteiger partial charge on any atom is 0.256 e. The summed E-state index contributed by atoms with van der Waals surface area (Å²) in [6.45, 7) is 5.75. The highest BCUT2D eigenvalue weighted by molar-refractivity contribution is 6.09. The molecule has 194 valence electrons. The second kappa shape index (κ2) is 10.2. The third kappa shape index (κ3) is 4.68. The lowest BCUT2D eigenvalue weighted by Gasteiger charge is -2.20. The number of nitrogens with zero attached hydrogens (tertiary/aromatic N) is 1. The van der Waals surface area contributed by atoms with Crippen LogP contribution in [0.4, 0.5) is 5.69 Å². The van der Waals surface area contributed by atoms with Gasteiger partial charge in [0.15, 0.2) is 11.3 Å². The van der Waals surface area contributed by atoms with Crippen molar-refractivity contribution >= 4 is 41.2 Å². The van der Waals surface area contributed by atoms with E-state index in [9.17, 15) is 34.2 Å². The molecule has 2 amide bonds. The predicted molar refractivity (Wildman–Crippen MR) is 133 cm³/mol. The number of aryl methyl sites for hydroxylation is 1. The number of aldehydes is 2. The highest BCUT2D eigenvalue weighted by Crippen LogP contribution is 2.34. The lowest BCUT2D eigenvalue weighted by atomic mass is 9.99. The van der Waals surface area contributed by atoms with Gasteiger partial charge in [-0.3, -0.25) is 14.4 Å². The van der Waals surface area contributed by atoms with Crippen molar-refractivity contribution in [3.63, 3.8) is 0 Å². The summed E-state index contributed by atoms with van der Waals surface area (Å²) in [5.74, 6) is -1.75. The average molecular weight is 505 g/mol. The minimum atomic E-state index is -1.29. The van der Waals surface area contributed by atoms with Crippen molar-refractivity contribution in [2.24, 2.45) is 0 Å². The number of hydrogen-bond donors (Lipinski definition) is 5. The number of carbonyl (C=O) groups excluding carboxylic acids is 4. The van der Waals surface area contributed by atoms with Gasteiger partial charge in [0.25, 0.3) is 11.8 Å². The van der Waals surface area contributed by atoms with Gasteiger partial charge < -0.3 is 40.6 Å². The fourth-order valence-corrected chi connectivity index (χ4v) is 3.60. The average Bonchev–Trinajstić information content (AvgIpc) is 2.83. The van der Waals surface area contributed by atoms with E-state index in [-0.39, 0.29) is 42.1 Å². The first-order chi connectivity index (χ1) is 16.9. The number of aromatic nitrogens is 1. The van der Waals surface area contributed by atoms with E-state index < -0.39 is 47.2 Å². The van der Waals surface area contributed by atoms with Crippen molar-refractivity contribution in [2.45, 2.75) is 52.0 Å². The van der Waals surface area contributed by atoms with Crippen molar-refractivity contribution in [1.82, 2.24) is 15.6 Å². The van der Waals surface area contributed by atoms with Crippen LogP contribution in [0.25, 0.3) is 22.6 Å². The van der Waals surface area contributed by atoms with Gasteiger partial charge in [-0.1, -0.05) is 6.07 Å². The number of rotatable bonds is 8. The summed E-state index contributed by atoms with van der Waals surface area (Å²) >= 11 is 0. The molecule has 36 heavy (non-hydrogen) atoms. The molecule has 1 aromatic rings. The number of nitrogens with two attached hydrogens (primary N) is 1. The molecule has 0 radical (unpaired) electrons. The molecular formula is C24H30N4O8. The summed E-state index contributed by atoms with van der Waals surface area (Å²) in [5, 5.41) is 24.1. The summed E-state index contributed by atoms with van der Waals surface area (Å²) < 4.78 is 5.97. The minimum Gasteiger partial charge on any atom is -0.452 e. The molecule has 0 aromatic heterocycles. The van der Waals surface area contributed by atoms with Gasteiger partial charge in [-0.2, -0.15) is 0 Å². The molecule has 3 rings (SSSR count). The molecule has 1 aromatic carbocycles. The smallest absolute Gasteiger partial charge is 0.256 e. The van der Waals surface area contributed by atoms with E-state index >= 15 is 0 Å². The predicted octanol–water partition coefficient (Wildman–Crippen LogP) is 0.340. The Balaban J connectivity index is 0.00000361. The lowest BCUT2D eigenvalue weighted by Crippen LogP contribution is -2.44. The molecule has 6 N–H and O–H groups in total. The zero-order chi connectivity index (χ0) is 26.9. The van der Waals surface area contributed by atoms with Gasteiger partial charge >= 0.3 is 0 Å². The maximum absolute atomic E-state index is 13.1. The fraction of sp³-hybridized carbons (Fsp3) is 0.333. The molecule has 1 aliphatic carbocycles. The molecule has 0 saturated heterocycles. The summed E-state index contributed by atoms with van der Waals surface area (Å²) in [4.78, 5) is 65.8. The third-order valence-electron chi connectivity index (χ3n) is 5.80. The quantitative estimate of drug-likeness (QED) is 0.162. The van der Waals surface area contributed by atoms with Crippen LogP contribution in [0.5, 0.6) is 0 Å². The SMILES string of the molecule is Cc1c2oc3c(C)ccc(C(=O)N[C@H](C=O)[C@@H](C)O)c3nc-2c(C(=O)N[C@H](C=O)[C@@H](C)O)c(N)c1=O.[2HH].[2HH]. The molecule has 0 spiro atoms. The Morgan fingerprint density at radius 1 is 1.06 bits per heavy atom. The molecule has 0 unspecified atom stereocenters. The Morgan fingerprint density at radius 3 is 2.14 bits per heavy atom. The van der Waals surface area contributed by atoms with Gasteiger partial charge in [0, 0.05) is 8.42 Å². The zero-order valence-corrected chi connectivity index (χ0v) is 20.0. The minimum absolute atomic E-state index is 0. The largest absolute Gasteiger partial charge is 0.452 e. The summed E-state index contributed by atoms with van der Waals surface area (Å²) in [7, 11) is 0. The number of nitrogens with one attached hydrogen (secondary N) is 2. The lowest BCUT2D eigenvalue weighted by molar-refractivity contribution is -0.112. The molecule has 1 aliphatic heterocycles. The number of amides is 2. The molecule has 0 saturated carbocycles. The van der Waals surface area contributed by atoms with Crippen LogP contribution >= 0.6 is 0 Å². The Labute approximate surface area is 207 Å². The molecule has 0 bridgehead atoms. The van der Waals surface area contributed by atoms with E-state index in [1.807, 2.05) is 0 Å². The highest BCUT2D eigenvalue weighted by atomic mass is 16.3. The van der Waals surface area contributed by atoms with E-state index in [4.69, 9.17) is 10.2 Å². The van der Waals surface area contributed by atoms with Crippen LogP contribution < -0.4 is 21.8 Å².